The van der Waals surface area contributed by atoms with Crippen molar-refractivity contribution in [2.75, 3.05) is 24.3 Å². The Kier molecular flexibility index (Phi) is 4.25. The number of hydrogen-bond donors (Lipinski definition) is 2. The van der Waals surface area contributed by atoms with Gasteiger partial charge in [0.1, 0.15) is 23.7 Å². The number of nitrogen functional groups attached to an aromatic ring is 1. The molecule has 0 radical (unpaired) electrons. The zero-order chi connectivity index (χ0) is 17.9. The molecule has 1 atom stereocenters. The molecule has 0 aliphatic carbocycles. The molecule has 7 heteroatoms. The largest absolute Gasteiger partial charge is 0.486 e. The summed E-state index contributed by atoms with van der Waals surface area (Å²) in [6.45, 7) is 1.25. The summed E-state index contributed by atoms with van der Waals surface area (Å²) >= 11 is 0. The fourth-order valence-electron chi connectivity index (χ4n) is 2.91. The van der Waals surface area contributed by atoms with Crippen molar-refractivity contribution in [3.63, 3.8) is 0 Å². The lowest BCUT2D eigenvalue weighted by molar-refractivity contribution is 0.142. The Hall–Kier alpha value is -3.37. The van der Waals surface area contributed by atoms with Gasteiger partial charge in [0.05, 0.1) is 35.7 Å². The third kappa shape index (κ3) is 3.10. The Balaban J connectivity index is 1.77. The number of aromatic nitrogens is 2. The van der Waals surface area contributed by atoms with Gasteiger partial charge in [-0.1, -0.05) is 6.07 Å². The molecule has 3 N–H and O–H groups in total. The van der Waals surface area contributed by atoms with Crippen LogP contribution in [-0.2, 0) is 4.74 Å². The van der Waals surface area contributed by atoms with Crippen LogP contribution in [0.25, 0.3) is 10.9 Å². The maximum absolute atomic E-state index is 9.45. The smallest absolute Gasteiger partial charge is 0.144 e. The van der Waals surface area contributed by atoms with Gasteiger partial charge in [0.2, 0.25) is 0 Å². The number of nitrogens with zero attached hydrogens (tertiary/aromatic N) is 3. The fraction of sp³-hybridized carbons (Fsp3) is 0.211. The molecule has 0 spiro atoms. The Labute approximate surface area is 150 Å². The van der Waals surface area contributed by atoms with Gasteiger partial charge in [-0.3, -0.25) is 4.98 Å². The number of pyridine rings is 2. The van der Waals surface area contributed by atoms with Crippen molar-refractivity contribution in [3.05, 3.63) is 48.3 Å². The van der Waals surface area contributed by atoms with Crippen LogP contribution in [0.1, 0.15) is 12.0 Å². The fourth-order valence-corrected chi connectivity index (χ4v) is 2.91. The van der Waals surface area contributed by atoms with Crippen molar-refractivity contribution in [2.45, 2.75) is 12.5 Å². The highest BCUT2D eigenvalue weighted by atomic mass is 16.5. The first kappa shape index (κ1) is 16.1. The van der Waals surface area contributed by atoms with E-state index >= 15 is 0 Å². The lowest BCUT2D eigenvalue weighted by Crippen LogP contribution is -2.16. The second-order valence-corrected chi connectivity index (χ2v) is 6.01. The summed E-state index contributed by atoms with van der Waals surface area (Å²) in [6, 6.07) is 11.3. The Morgan fingerprint density at radius 3 is 2.96 bits per heavy atom. The van der Waals surface area contributed by atoms with E-state index in [4.69, 9.17) is 15.2 Å². The number of rotatable bonds is 4. The molecule has 1 aromatic carbocycles. The van der Waals surface area contributed by atoms with Crippen molar-refractivity contribution in [2.24, 2.45) is 0 Å². The van der Waals surface area contributed by atoms with Gasteiger partial charge < -0.3 is 20.5 Å². The molecule has 1 fully saturated rings. The molecule has 1 aliphatic heterocycles. The molecule has 4 rings (SSSR count). The number of nitriles is 1. The molecule has 2 aromatic heterocycles. The molecule has 1 unspecified atom stereocenters. The first-order chi connectivity index (χ1) is 12.7. The number of nitrogens with two attached hydrogens (primary N) is 1. The molecule has 7 nitrogen and oxygen atoms in total. The van der Waals surface area contributed by atoms with Crippen molar-refractivity contribution < 1.29 is 9.47 Å². The monoisotopic (exact) mass is 347 g/mol. The van der Waals surface area contributed by atoms with Crippen LogP contribution in [0.15, 0.2) is 42.7 Å². The van der Waals surface area contributed by atoms with Crippen LogP contribution in [0, 0.1) is 11.3 Å². The van der Waals surface area contributed by atoms with E-state index in [1.165, 1.54) is 6.20 Å². The normalized spacial score (nSPS) is 16.3. The van der Waals surface area contributed by atoms with Gasteiger partial charge in [0.25, 0.3) is 0 Å². The van der Waals surface area contributed by atoms with E-state index in [0.29, 0.717) is 47.2 Å². The van der Waals surface area contributed by atoms with Crippen LogP contribution < -0.4 is 15.8 Å². The van der Waals surface area contributed by atoms with E-state index < -0.39 is 0 Å². The highest BCUT2D eigenvalue weighted by Crippen LogP contribution is 2.35. The maximum Gasteiger partial charge on any atom is 0.144 e. The number of hydrogen-bond acceptors (Lipinski definition) is 7. The predicted octanol–water partition coefficient (Wildman–Crippen LogP) is 2.99. The topological polar surface area (TPSA) is 106 Å². The van der Waals surface area contributed by atoms with Gasteiger partial charge in [0, 0.05) is 30.3 Å². The second kappa shape index (κ2) is 6.86. The van der Waals surface area contributed by atoms with E-state index in [1.54, 1.807) is 18.3 Å². The average Bonchev–Trinajstić information content (AvgIpc) is 3.17. The second-order valence-electron chi connectivity index (χ2n) is 6.01. The molecule has 0 saturated carbocycles. The van der Waals surface area contributed by atoms with Crippen LogP contribution in [0.2, 0.25) is 0 Å². The number of benzene rings is 1. The van der Waals surface area contributed by atoms with Crippen LogP contribution in [0.4, 0.5) is 17.2 Å². The quantitative estimate of drug-likeness (QED) is 0.699. The van der Waals surface area contributed by atoms with Gasteiger partial charge in [0.15, 0.2) is 0 Å². The molecular formula is C19H17N5O2. The summed E-state index contributed by atoms with van der Waals surface area (Å²) < 4.78 is 11.3. The number of ether oxygens (including phenoxy) is 2. The predicted molar refractivity (Wildman–Crippen MR) is 98.2 cm³/mol. The van der Waals surface area contributed by atoms with E-state index in [0.717, 1.165) is 11.8 Å². The average molecular weight is 347 g/mol. The molecular weight excluding hydrogens is 330 g/mol. The maximum atomic E-state index is 9.45. The highest BCUT2D eigenvalue weighted by Gasteiger charge is 2.19. The summed E-state index contributed by atoms with van der Waals surface area (Å²) in [5.41, 5.74) is 8.42. The third-order valence-corrected chi connectivity index (χ3v) is 4.22. The van der Waals surface area contributed by atoms with Gasteiger partial charge in [-0.2, -0.15) is 5.26 Å². The van der Waals surface area contributed by atoms with Crippen LogP contribution in [0.5, 0.6) is 5.75 Å². The molecule has 1 aliphatic rings. The molecule has 1 saturated heterocycles. The molecule has 0 amide bonds. The molecule has 130 valence electrons. The van der Waals surface area contributed by atoms with Crippen LogP contribution >= 0.6 is 0 Å². The third-order valence-electron chi connectivity index (χ3n) is 4.22. The van der Waals surface area contributed by atoms with E-state index in [1.807, 2.05) is 18.2 Å². The van der Waals surface area contributed by atoms with E-state index in [-0.39, 0.29) is 6.10 Å². The van der Waals surface area contributed by atoms with Crippen molar-refractivity contribution in [3.8, 4) is 11.8 Å². The summed E-state index contributed by atoms with van der Waals surface area (Å²) in [6.07, 6.45) is 4.05. The summed E-state index contributed by atoms with van der Waals surface area (Å²) in [7, 11) is 0. The number of anilines is 3. The molecule has 3 heterocycles. The Morgan fingerprint density at radius 2 is 2.23 bits per heavy atom. The number of fused-ring (bicyclic) bond motifs is 1. The van der Waals surface area contributed by atoms with Gasteiger partial charge >= 0.3 is 0 Å². The SMILES string of the molecule is N#Cc1cnc2cc(OC3CCOC3)c(N)cc2c1Nc1ccccn1. The minimum Gasteiger partial charge on any atom is -0.486 e. The zero-order valence-corrected chi connectivity index (χ0v) is 14.0. The lowest BCUT2D eigenvalue weighted by Gasteiger charge is -2.16. The van der Waals surface area contributed by atoms with Crippen molar-refractivity contribution in [1.82, 2.24) is 9.97 Å². The van der Waals surface area contributed by atoms with Gasteiger partial charge in [-0.15, -0.1) is 0 Å². The van der Waals surface area contributed by atoms with Gasteiger partial charge in [-0.25, -0.2) is 4.98 Å². The van der Waals surface area contributed by atoms with Crippen LogP contribution in [0.3, 0.4) is 0 Å². The Morgan fingerprint density at radius 1 is 1.31 bits per heavy atom. The number of nitrogens with one attached hydrogen (secondary N) is 1. The summed E-state index contributed by atoms with van der Waals surface area (Å²) in [5, 5.41) is 13.4. The summed E-state index contributed by atoms with van der Waals surface area (Å²) in [5.74, 6) is 1.22. The minimum atomic E-state index is -0.000698. The molecule has 26 heavy (non-hydrogen) atoms. The van der Waals surface area contributed by atoms with Crippen molar-refractivity contribution in [1.29, 1.82) is 5.26 Å². The lowest BCUT2D eigenvalue weighted by atomic mass is 10.1. The molecule has 3 aromatic rings. The first-order valence-corrected chi connectivity index (χ1v) is 8.29. The van der Waals surface area contributed by atoms with Crippen molar-refractivity contribution >= 4 is 28.1 Å². The standard InChI is InChI=1S/C19H17N5O2/c20-9-12-10-23-16-8-17(26-13-4-6-25-11-13)15(21)7-14(16)19(12)24-18-3-1-2-5-22-18/h1-3,5,7-8,10,13H,4,6,11,21H2,(H,22,23,24). The molecule has 0 bridgehead atoms. The zero-order valence-electron chi connectivity index (χ0n) is 14.0. The highest BCUT2D eigenvalue weighted by molar-refractivity contribution is 5.98. The van der Waals surface area contributed by atoms with E-state index in [2.05, 4.69) is 21.4 Å². The first-order valence-electron chi connectivity index (χ1n) is 8.29. The minimum absolute atomic E-state index is 0.000698. The van der Waals surface area contributed by atoms with Crippen LogP contribution in [-0.4, -0.2) is 29.3 Å². The van der Waals surface area contributed by atoms with Gasteiger partial charge in [-0.05, 0) is 18.2 Å². The Bertz CT molecular complexity index is 979. The van der Waals surface area contributed by atoms with E-state index in [9.17, 15) is 5.26 Å². The summed E-state index contributed by atoms with van der Waals surface area (Å²) in [4.78, 5) is 8.63.